The Balaban J connectivity index is 1.46. The van der Waals surface area contributed by atoms with Crippen LogP contribution in [0.25, 0.3) is 0 Å². The third-order valence-corrected chi connectivity index (χ3v) is 5.57. The van der Waals surface area contributed by atoms with Gasteiger partial charge in [0.1, 0.15) is 22.9 Å². The number of piperidine rings is 1. The van der Waals surface area contributed by atoms with Gasteiger partial charge in [0.05, 0.1) is 19.1 Å². The first-order chi connectivity index (χ1) is 14.4. The number of anilines is 1. The van der Waals surface area contributed by atoms with Gasteiger partial charge in [0, 0.05) is 50.7 Å². The van der Waals surface area contributed by atoms with E-state index < -0.39 is 5.60 Å². The molecule has 8 nitrogen and oxygen atoms in total. The van der Waals surface area contributed by atoms with Gasteiger partial charge < -0.3 is 19.7 Å². The standard InChI is InChI=1S/C22H23N3O5/c1-14(26)24-20-11-15(5-8-23-20)21(28)25-9-6-22(7-10-25)13-18(27)17-4-3-16(29-2)12-19(17)30-22/h3-5,8,11-12H,6-7,9-10,13H2,1-2H3,(H,23,24,26). The molecule has 2 aliphatic heterocycles. The number of nitrogens with one attached hydrogen (secondary N) is 1. The smallest absolute Gasteiger partial charge is 0.254 e. The molecule has 2 aromatic rings. The number of ketones is 1. The van der Waals surface area contributed by atoms with Crippen LogP contribution >= 0.6 is 0 Å². The van der Waals surface area contributed by atoms with Crippen molar-refractivity contribution in [3.63, 3.8) is 0 Å². The Morgan fingerprint density at radius 2 is 1.97 bits per heavy atom. The molecule has 0 unspecified atom stereocenters. The molecule has 2 amide bonds. The van der Waals surface area contributed by atoms with Crippen molar-refractivity contribution in [2.24, 2.45) is 0 Å². The van der Waals surface area contributed by atoms with E-state index in [0.29, 0.717) is 60.8 Å². The van der Waals surface area contributed by atoms with Crippen molar-refractivity contribution in [3.05, 3.63) is 47.7 Å². The van der Waals surface area contributed by atoms with Crippen molar-refractivity contribution in [1.82, 2.24) is 9.88 Å². The minimum absolute atomic E-state index is 0.0489. The molecular weight excluding hydrogens is 386 g/mol. The van der Waals surface area contributed by atoms with Crippen LogP contribution in [0.4, 0.5) is 5.82 Å². The van der Waals surface area contributed by atoms with Crippen LogP contribution in [-0.4, -0.2) is 53.3 Å². The van der Waals surface area contributed by atoms with E-state index >= 15 is 0 Å². The van der Waals surface area contributed by atoms with Crippen LogP contribution in [0.3, 0.4) is 0 Å². The highest BCUT2D eigenvalue weighted by Gasteiger charge is 2.43. The quantitative estimate of drug-likeness (QED) is 0.837. The summed E-state index contributed by atoms with van der Waals surface area (Å²) in [6.07, 6.45) is 2.92. The second-order valence-corrected chi connectivity index (χ2v) is 7.65. The van der Waals surface area contributed by atoms with Crippen molar-refractivity contribution in [2.45, 2.75) is 31.8 Å². The lowest BCUT2D eigenvalue weighted by Crippen LogP contribution is -2.52. The highest BCUT2D eigenvalue weighted by Crippen LogP contribution is 2.40. The van der Waals surface area contributed by atoms with E-state index in [1.165, 1.54) is 13.1 Å². The summed E-state index contributed by atoms with van der Waals surface area (Å²) in [6, 6.07) is 8.42. The Hall–Kier alpha value is -3.42. The fourth-order valence-corrected chi connectivity index (χ4v) is 3.99. The van der Waals surface area contributed by atoms with Crippen molar-refractivity contribution < 1.29 is 23.9 Å². The number of methoxy groups -OCH3 is 1. The Kier molecular flexibility index (Phi) is 5.15. The number of Topliss-reactive ketones (excluding diaryl/α,β-unsaturated/α-hetero) is 1. The molecule has 1 fully saturated rings. The number of likely N-dealkylation sites (tertiary alicyclic amines) is 1. The molecule has 8 heteroatoms. The molecule has 0 bridgehead atoms. The highest BCUT2D eigenvalue weighted by molar-refractivity contribution is 6.00. The Labute approximate surface area is 174 Å². The van der Waals surface area contributed by atoms with Gasteiger partial charge in [-0.25, -0.2) is 4.98 Å². The predicted octanol–water partition coefficient (Wildman–Crippen LogP) is 2.69. The minimum Gasteiger partial charge on any atom is -0.497 e. The molecule has 4 rings (SSSR count). The Bertz CT molecular complexity index is 1010. The molecule has 0 radical (unpaired) electrons. The van der Waals surface area contributed by atoms with Crippen LogP contribution in [0, 0.1) is 0 Å². The number of aromatic nitrogens is 1. The first-order valence-corrected chi connectivity index (χ1v) is 9.82. The molecule has 30 heavy (non-hydrogen) atoms. The normalized spacial score (nSPS) is 17.1. The molecule has 1 N–H and O–H groups in total. The monoisotopic (exact) mass is 409 g/mol. The fraction of sp³-hybridized carbons (Fsp3) is 0.364. The predicted molar refractivity (Wildman–Crippen MR) is 109 cm³/mol. The summed E-state index contributed by atoms with van der Waals surface area (Å²) >= 11 is 0. The zero-order valence-corrected chi connectivity index (χ0v) is 16.9. The average Bonchev–Trinajstić information content (AvgIpc) is 2.73. The summed E-state index contributed by atoms with van der Waals surface area (Å²) in [5.74, 6) is 1.19. The van der Waals surface area contributed by atoms with Crippen LogP contribution in [0.15, 0.2) is 36.5 Å². The lowest BCUT2D eigenvalue weighted by atomic mass is 9.82. The first-order valence-electron chi connectivity index (χ1n) is 9.82. The Morgan fingerprint density at radius 3 is 2.67 bits per heavy atom. The van der Waals surface area contributed by atoms with Gasteiger partial charge in [-0.3, -0.25) is 14.4 Å². The number of carbonyl (C=O) groups is 3. The van der Waals surface area contributed by atoms with E-state index in [4.69, 9.17) is 9.47 Å². The van der Waals surface area contributed by atoms with Gasteiger partial charge in [-0.1, -0.05) is 0 Å². The van der Waals surface area contributed by atoms with E-state index in [9.17, 15) is 14.4 Å². The molecule has 1 aromatic carbocycles. The van der Waals surface area contributed by atoms with Crippen LogP contribution in [-0.2, 0) is 4.79 Å². The van der Waals surface area contributed by atoms with Crippen LogP contribution in [0.1, 0.15) is 46.9 Å². The summed E-state index contributed by atoms with van der Waals surface area (Å²) in [7, 11) is 1.57. The molecular formula is C22H23N3O5. The number of hydrogen-bond acceptors (Lipinski definition) is 6. The maximum atomic E-state index is 12.9. The number of pyridine rings is 1. The molecule has 0 aliphatic carbocycles. The van der Waals surface area contributed by atoms with Gasteiger partial charge in [-0.05, 0) is 24.3 Å². The molecule has 1 saturated heterocycles. The van der Waals surface area contributed by atoms with Crippen molar-refractivity contribution in [3.8, 4) is 11.5 Å². The van der Waals surface area contributed by atoms with Crippen LogP contribution < -0.4 is 14.8 Å². The molecule has 2 aliphatic rings. The van der Waals surface area contributed by atoms with E-state index in [1.54, 1.807) is 42.3 Å². The molecule has 156 valence electrons. The van der Waals surface area contributed by atoms with Crippen LogP contribution in [0.5, 0.6) is 11.5 Å². The van der Waals surface area contributed by atoms with E-state index in [0.717, 1.165) is 0 Å². The average molecular weight is 409 g/mol. The number of amides is 2. The fourth-order valence-electron chi connectivity index (χ4n) is 3.99. The summed E-state index contributed by atoms with van der Waals surface area (Å²) in [6.45, 7) is 2.34. The third kappa shape index (κ3) is 3.85. The van der Waals surface area contributed by atoms with Gasteiger partial charge >= 0.3 is 0 Å². The van der Waals surface area contributed by atoms with Gasteiger partial charge in [0.25, 0.3) is 5.91 Å². The third-order valence-electron chi connectivity index (χ3n) is 5.57. The van der Waals surface area contributed by atoms with Gasteiger partial charge in [-0.2, -0.15) is 0 Å². The van der Waals surface area contributed by atoms with Crippen molar-refractivity contribution >= 4 is 23.4 Å². The number of benzene rings is 1. The van der Waals surface area contributed by atoms with E-state index in [2.05, 4.69) is 10.3 Å². The first kappa shape index (κ1) is 19.9. The summed E-state index contributed by atoms with van der Waals surface area (Å²) < 4.78 is 11.5. The molecule has 1 aromatic heterocycles. The number of fused-ring (bicyclic) bond motifs is 1. The molecule has 0 saturated carbocycles. The largest absolute Gasteiger partial charge is 0.497 e. The number of hydrogen-bond donors (Lipinski definition) is 1. The van der Waals surface area contributed by atoms with Gasteiger partial charge in [0.2, 0.25) is 5.91 Å². The highest BCUT2D eigenvalue weighted by atomic mass is 16.5. The van der Waals surface area contributed by atoms with Gasteiger partial charge in [-0.15, -0.1) is 0 Å². The lowest BCUT2D eigenvalue weighted by Gasteiger charge is -2.44. The van der Waals surface area contributed by atoms with Crippen LogP contribution in [0.2, 0.25) is 0 Å². The molecule has 0 atom stereocenters. The number of rotatable bonds is 3. The SMILES string of the molecule is COc1ccc2c(c1)OC1(CCN(C(=O)c3ccnc(NC(C)=O)c3)CC1)CC2=O. The van der Waals surface area contributed by atoms with Gasteiger partial charge in [0.15, 0.2) is 5.78 Å². The Morgan fingerprint density at radius 1 is 1.20 bits per heavy atom. The molecule has 3 heterocycles. The van der Waals surface area contributed by atoms with E-state index in [1.807, 2.05) is 0 Å². The second kappa shape index (κ2) is 7.78. The topological polar surface area (TPSA) is 97.8 Å². The van der Waals surface area contributed by atoms with Crippen molar-refractivity contribution in [1.29, 1.82) is 0 Å². The lowest BCUT2D eigenvalue weighted by molar-refractivity contribution is -0.114. The zero-order valence-electron chi connectivity index (χ0n) is 16.9. The van der Waals surface area contributed by atoms with E-state index in [-0.39, 0.29) is 17.6 Å². The summed E-state index contributed by atoms with van der Waals surface area (Å²) in [4.78, 5) is 42.6. The maximum absolute atomic E-state index is 12.9. The number of carbonyl (C=O) groups excluding carboxylic acids is 3. The zero-order chi connectivity index (χ0) is 21.3. The summed E-state index contributed by atoms with van der Waals surface area (Å²) in [5, 5.41) is 2.58. The number of nitrogens with zero attached hydrogens (tertiary/aromatic N) is 2. The number of ether oxygens (including phenoxy) is 2. The maximum Gasteiger partial charge on any atom is 0.254 e. The molecule has 1 spiro atoms. The second-order valence-electron chi connectivity index (χ2n) is 7.65. The summed E-state index contributed by atoms with van der Waals surface area (Å²) in [5.41, 5.74) is 0.426. The van der Waals surface area contributed by atoms with Crippen molar-refractivity contribution in [2.75, 3.05) is 25.5 Å². The minimum atomic E-state index is -0.604.